The van der Waals surface area contributed by atoms with E-state index in [-0.39, 0.29) is 0 Å². The van der Waals surface area contributed by atoms with E-state index in [1.165, 1.54) is 17.7 Å². The fraction of sp³-hybridized carbons (Fsp3) is 0.562. The molecule has 1 aliphatic carbocycles. The average Bonchev–Trinajstić information content (AvgIpc) is 2.37. The Bertz CT molecular complexity index is 460. The molecular formula is C16H22N2O. The first kappa shape index (κ1) is 12.5. The molecular weight excluding hydrogens is 236 g/mol. The lowest BCUT2D eigenvalue weighted by atomic mass is 9.84. The van der Waals surface area contributed by atoms with Crippen LogP contribution in [0.25, 0.3) is 0 Å². The molecule has 19 heavy (non-hydrogen) atoms. The quantitative estimate of drug-likeness (QED) is 0.813. The van der Waals surface area contributed by atoms with Gasteiger partial charge in [0.1, 0.15) is 0 Å². The van der Waals surface area contributed by atoms with Crippen molar-refractivity contribution in [3.8, 4) is 0 Å². The summed E-state index contributed by atoms with van der Waals surface area (Å²) in [5, 5.41) is 0. The molecule has 0 atom stereocenters. The lowest BCUT2D eigenvalue weighted by molar-refractivity contribution is -0.138. The number of anilines is 1. The van der Waals surface area contributed by atoms with Gasteiger partial charge in [0, 0.05) is 37.8 Å². The summed E-state index contributed by atoms with van der Waals surface area (Å²) in [6, 6.07) is 8.62. The maximum absolute atomic E-state index is 12.2. The van der Waals surface area contributed by atoms with Crippen LogP contribution in [0.2, 0.25) is 0 Å². The SMILES string of the molecule is Cc1cccc(N2CCN(C(=O)C3CCC3)CC2)c1. The zero-order chi connectivity index (χ0) is 13.2. The van der Waals surface area contributed by atoms with Crippen molar-refractivity contribution in [2.24, 2.45) is 5.92 Å². The van der Waals surface area contributed by atoms with Crippen LogP contribution >= 0.6 is 0 Å². The predicted molar refractivity (Wildman–Crippen MR) is 77.3 cm³/mol. The largest absolute Gasteiger partial charge is 0.368 e. The molecule has 3 nitrogen and oxygen atoms in total. The van der Waals surface area contributed by atoms with Crippen LogP contribution in [0.15, 0.2) is 24.3 Å². The Morgan fingerprint density at radius 1 is 1.16 bits per heavy atom. The van der Waals surface area contributed by atoms with Gasteiger partial charge in [-0.2, -0.15) is 0 Å². The van der Waals surface area contributed by atoms with Gasteiger partial charge in [0.15, 0.2) is 0 Å². The Labute approximate surface area is 115 Å². The average molecular weight is 258 g/mol. The number of rotatable bonds is 2. The highest BCUT2D eigenvalue weighted by molar-refractivity contribution is 5.79. The van der Waals surface area contributed by atoms with Crippen molar-refractivity contribution in [3.05, 3.63) is 29.8 Å². The topological polar surface area (TPSA) is 23.6 Å². The molecule has 1 aliphatic heterocycles. The summed E-state index contributed by atoms with van der Waals surface area (Å²) in [6.07, 6.45) is 3.45. The van der Waals surface area contributed by atoms with E-state index < -0.39 is 0 Å². The van der Waals surface area contributed by atoms with Crippen LogP contribution in [0, 0.1) is 12.8 Å². The number of aryl methyl sites for hydroxylation is 1. The molecule has 0 unspecified atom stereocenters. The van der Waals surface area contributed by atoms with Crippen LogP contribution in [0.5, 0.6) is 0 Å². The van der Waals surface area contributed by atoms with Crippen LogP contribution in [0.1, 0.15) is 24.8 Å². The summed E-state index contributed by atoms with van der Waals surface area (Å²) in [7, 11) is 0. The molecule has 1 saturated heterocycles. The highest BCUT2D eigenvalue weighted by atomic mass is 16.2. The lowest BCUT2D eigenvalue weighted by Crippen LogP contribution is -2.51. The molecule has 102 valence electrons. The van der Waals surface area contributed by atoms with Gasteiger partial charge in [-0.15, -0.1) is 0 Å². The van der Waals surface area contributed by atoms with Gasteiger partial charge in [0.25, 0.3) is 0 Å². The number of nitrogens with zero attached hydrogens (tertiary/aromatic N) is 2. The third-order valence-corrected chi connectivity index (χ3v) is 4.41. The number of carbonyl (C=O) groups excluding carboxylic acids is 1. The van der Waals surface area contributed by atoms with Crippen molar-refractivity contribution in [2.75, 3.05) is 31.1 Å². The first-order valence-electron chi connectivity index (χ1n) is 7.34. The molecule has 1 aromatic carbocycles. The fourth-order valence-corrected chi connectivity index (χ4v) is 2.92. The summed E-state index contributed by atoms with van der Waals surface area (Å²) in [6.45, 7) is 5.80. The summed E-state index contributed by atoms with van der Waals surface area (Å²) in [5.74, 6) is 0.737. The minimum Gasteiger partial charge on any atom is -0.368 e. The van der Waals surface area contributed by atoms with Crippen molar-refractivity contribution < 1.29 is 4.79 Å². The zero-order valence-corrected chi connectivity index (χ0v) is 11.6. The van der Waals surface area contributed by atoms with Gasteiger partial charge in [-0.3, -0.25) is 4.79 Å². The van der Waals surface area contributed by atoms with Gasteiger partial charge >= 0.3 is 0 Å². The van der Waals surface area contributed by atoms with Gasteiger partial charge in [-0.1, -0.05) is 18.6 Å². The number of carbonyl (C=O) groups is 1. The van der Waals surface area contributed by atoms with Gasteiger partial charge < -0.3 is 9.80 Å². The second-order valence-electron chi connectivity index (χ2n) is 5.78. The van der Waals surface area contributed by atoms with Crippen molar-refractivity contribution in [1.29, 1.82) is 0 Å². The predicted octanol–water partition coefficient (Wildman–Crippen LogP) is 2.44. The number of piperazine rings is 1. The Morgan fingerprint density at radius 3 is 2.47 bits per heavy atom. The molecule has 0 aromatic heterocycles. The molecule has 0 N–H and O–H groups in total. The molecule has 1 heterocycles. The Morgan fingerprint density at radius 2 is 1.89 bits per heavy atom. The Kier molecular flexibility index (Phi) is 3.45. The number of hydrogen-bond donors (Lipinski definition) is 0. The third-order valence-electron chi connectivity index (χ3n) is 4.41. The van der Waals surface area contributed by atoms with E-state index in [0.29, 0.717) is 11.8 Å². The summed E-state index contributed by atoms with van der Waals surface area (Å²) in [5.41, 5.74) is 2.58. The molecule has 1 saturated carbocycles. The highest BCUT2D eigenvalue weighted by Gasteiger charge is 2.31. The number of hydrogen-bond acceptors (Lipinski definition) is 2. The lowest BCUT2D eigenvalue weighted by Gasteiger charge is -2.39. The monoisotopic (exact) mass is 258 g/mol. The van der Waals surface area contributed by atoms with Gasteiger partial charge in [-0.05, 0) is 37.5 Å². The van der Waals surface area contributed by atoms with E-state index in [4.69, 9.17) is 0 Å². The summed E-state index contributed by atoms with van der Waals surface area (Å²) >= 11 is 0. The first-order valence-corrected chi connectivity index (χ1v) is 7.34. The smallest absolute Gasteiger partial charge is 0.225 e. The normalized spacial score (nSPS) is 20.3. The van der Waals surface area contributed by atoms with Crippen molar-refractivity contribution in [3.63, 3.8) is 0 Å². The minimum atomic E-state index is 0.338. The molecule has 0 radical (unpaired) electrons. The van der Waals surface area contributed by atoms with Crippen LogP contribution < -0.4 is 4.90 Å². The second kappa shape index (κ2) is 5.24. The van der Waals surface area contributed by atoms with E-state index in [0.717, 1.165) is 39.0 Å². The van der Waals surface area contributed by atoms with Crippen LogP contribution in [-0.4, -0.2) is 37.0 Å². The fourth-order valence-electron chi connectivity index (χ4n) is 2.92. The van der Waals surface area contributed by atoms with Gasteiger partial charge in [0.05, 0.1) is 0 Å². The van der Waals surface area contributed by atoms with E-state index in [2.05, 4.69) is 41.0 Å². The molecule has 0 spiro atoms. The van der Waals surface area contributed by atoms with E-state index in [1.54, 1.807) is 0 Å². The maximum atomic E-state index is 12.2. The van der Waals surface area contributed by atoms with E-state index >= 15 is 0 Å². The number of amides is 1. The Hall–Kier alpha value is -1.51. The first-order chi connectivity index (χ1) is 9.24. The molecule has 2 fully saturated rings. The van der Waals surface area contributed by atoms with Gasteiger partial charge in [-0.25, -0.2) is 0 Å². The second-order valence-corrected chi connectivity index (χ2v) is 5.78. The maximum Gasteiger partial charge on any atom is 0.225 e. The molecule has 3 heteroatoms. The number of benzene rings is 1. The molecule has 1 aromatic rings. The van der Waals surface area contributed by atoms with E-state index in [9.17, 15) is 4.79 Å². The molecule has 1 amide bonds. The molecule has 3 rings (SSSR count). The van der Waals surface area contributed by atoms with Crippen LogP contribution in [0.3, 0.4) is 0 Å². The zero-order valence-electron chi connectivity index (χ0n) is 11.6. The standard InChI is InChI=1S/C16H22N2O/c1-13-4-2-7-15(12-13)17-8-10-18(11-9-17)16(19)14-5-3-6-14/h2,4,7,12,14H,3,5-6,8-11H2,1H3. The summed E-state index contributed by atoms with van der Waals surface area (Å²) in [4.78, 5) is 16.6. The van der Waals surface area contributed by atoms with Crippen LogP contribution in [0.4, 0.5) is 5.69 Å². The minimum absolute atomic E-state index is 0.338. The van der Waals surface area contributed by atoms with Crippen molar-refractivity contribution in [2.45, 2.75) is 26.2 Å². The summed E-state index contributed by atoms with van der Waals surface area (Å²) < 4.78 is 0. The highest BCUT2D eigenvalue weighted by Crippen LogP contribution is 2.29. The van der Waals surface area contributed by atoms with Crippen LogP contribution in [-0.2, 0) is 4.79 Å². The van der Waals surface area contributed by atoms with E-state index in [1.807, 2.05) is 0 Å². The van der Waals surface area contributed by atoms with Gasteiger partial charge in [0.2, 0.25) is 5.91 Å². The molecule has 0 bridgehead atoms. The molecule has 2 aliphatic rings. The Balaban J connectivity index is 1.58. The van der Waals surface area contributed by atoms with Crippen molar-refractivity contribution in [1.82, 2.24) is 4.90 Å². The van der Waals surface area contributed by atoms with Crippen molar-refractivity contribution >= 4 is 11.6 Å². The third kappa shape index (κ3) is 2.60.